The van der Waals surface area contributed by atoms with Gasteiger partial charge in [0.25, 0.3) is 5.91 Å². The third kappa shape index (κ3) is 4.89. The third-order valence-corrected chi connectivity index (χ3v) is 4.98. The molecule has 0 bridgehead atoms. The average Bonchev–Trinajstić information content (AvgIpc) is 2.72. The van der Waals surface area contributed by atoms with Gasteiger partial charge in [0.1, 0.15) is 0 Å². The number of carbonyl (C=O) groups is 3. The van der Waals surface area contributed by atoms with Crippen LogP contribution in [0.3, 0.4) is 0 Å². The number of amides is 1. The maximum Gasteiger partial charge on any atom is 0.340 e. The molecule has 1 atom stereocenters. The second kappa shape index (κ2) is 9.31. The first kappa shape index (κ1) is 21.2. The number of ether oxygens (including phenoxy) is 1. The molecule has 1 aromatic heterocycles. The number of pyridine rings is 1. The Bertz CT molecular complexity index is 1090. The normalized spacial score (nSPS) is 11.7. The smallest absolute Gasteiger partial charge is 0.340 e. The highest BCUT2D eigenvalue weighted by atomic mass is 16.5. The first-order chi connectivity index (χ1) is 14.4. The van der Waals surface area contributed by atoms with E-state index in [0.717, 1.165) is 22.0 Å². The molecule has 0 saturated heterocycles. The highest BCUT2D eigenvalue weighted by molar-refractivity contribution is 5.99. The van der Waals surface area contributed by atoms with Crippen LogP contribution in [0.5, 0.6) is 0 Å². The quantitative estimate of drug-likeness (QED) is 0.611. The van der Waals surface area contributed by atoms with Crippen molar-refractivity contribution in [2.24, 2.45) is 0 Å². The van der Waals surface area contributed by atoms with Crippen molar-refractivity contribution in [2.75, 3.05) is 6.61 Å². The van der Waals surface area contributed by atoms with Gasteiger partial charge < -0.3 is 10.1 Å². The molecule has 6 heteroatoms. The number of nitrogens with one attached hydrogen (secondary N) is 1. The first-order valence-electron chi connectivity index (χ1n) is 9.73. The summed E-state index contributed by atoms with van der Waals surface area (Å²) in [6.45, 7) is 4.53. The Kier molecular flexibility index (Phi) is 6.57. The zero-order chi connectivity index (χ0) is 21.7. The minimum atomic E-state index is -0.676. The number of esters is 1. The number of para-hydroxylation sites is 1. The van der Waals surface area contributed by atoms with Gasteiger partial charge in [0, 0.05) is 5.39 Å². The van der Waals surface area contributed by atoms with E-state index in [-0.39, 0.29) is 5.78 Å². The van der Waals surface area contributed by atoms with Crippen molar-refractivity contribution in [2.45, 2.75) is 33.2 Å². The molecule has 0 aliphatic heterocycles. The molecule has 2 aromatic carbocycles. The van der Waals surface area contributed by atoms with Crippen molar-refractivity contribution >= 4 is 28.6 Å². The molecule has 3 rings (SSSR count). The second-order valence-electron chi connectivity index (χ2n) is 7.21. The molecule has 6 nitrogen and oxygen atoms in total. The topological polar surface area (TPSA) is 85.4 Å². The summed E-state index contributed by atoms with van der Waals surface area (Å²) >= 11 is 0. The first-order valence-corrected chi connectivity index (χ1v) is 9.73. The zero-order valence-electron chi connectivity index (χ0n) is 17.3. The highest BCUT2D eigenvalue weighted by Gasteiger charge is 2.21. The number of hydrogen-bond acceptors (Lipinski definition) is 5. The van der Waals surface area contributed by atoms with Crippen molar-refractivity contribution in [1.82, 2.24) is 10.3 Å². The van der Waals surface area contributed by atoms with Crippen molar-refractivity contribution in [3.63, 3.8) is 0 Å². The molecule has 0 aliphatic rings. The molecule has 1 N–H and O–H groups in total. The number of hydrogen-bond donors (Lipinski definition) is 1. The Morgan fingerprint density at radius 2 is 1.67 bits per heavy atom. The minimum absolute atomic E-state index is 0.163. The fourth-order valence-corrected chi connectivity index (χ4v) is 3.42. The van der Waals surface area contributed by atoms with Gasteiger partial charge in [-0.1, -0.05) is 48.5 Å². The summed E-state index contributed by atoms with van der Waals surface area (Å²) in [5.41, 5.74) is 3.39. The van der Waals surface area contributed by atoms with E-state index in [1.165, 1.54) is 6.92 Å². The van der Waals surface area contributed by atoms with Crippen LogP contribution in [0.4, 0.5) is 0 Å². The largest absolute Gasteiger partial charge is 0.452 e. The van der Waals surface area contributed by atoms with Crippen molar-refractivity contribution in [1.29, 1.82) is 0 Å². The molecular weight excluding hydrogens is 380 g/mol. The van der Waals surface area contributed by atoms with Crippen LogP contribution in [0.1, 0.15) is 34.1 Å². The molecule has 0 aliphatic carbocycles. The average molecular weight is 404 g/mol. The number of aromatic nitrogens is 1. The zero-order valence-corrected chi connectivity index (χ0v) is 17.3. The summed E-state index contributed by atoms with van der Waals surface area (Å²) < 4.78 is 5.23. The summed E-state index contributed by atoms with van der Waals surface area (Å²) in [5.74, 6) is -1.30. The van der Waals surface area contributed by atoms with Crippen molar-refractivity contribution in [3.05, 3.63) is 77.0 Å². The van der Waals surface area contributed by atoms with E-state index in [9.17, 15) is 14.4 Å². The molecule has 0 radical (unpaired) electrons. The van der Waals surface area contributed by atoms with Crippen LogP contribution < -0.4 is 5.32 Å². The van der Waals surface area contributed by atoms with Gasteiger partial charge in [0.05, 0.1) is 22.8 Å². The molecule has 0 fully saturated rings. The maximum absolute atomic E-state index is 12.6. The molecule has 154 valence electrons. The number of Topliss-reactive ketones (excluding diaryl/α,β-unsaturated/α-hetero) is 1. The molecule has 1 heterocycles. The Morgan fingerprint density at radius 1 is 1.00 bits per heavy atom. The maximum atomic E-state index is 12.6. The highest BCUT2D eigenvalue weighted by Crippen LogP contribution is 2.23. The SMILES string of the molecule is CC(=O)[C@H](Cc1ccccc1)NC(=O)COC(=O)c1c(C)nc2ccccc2c1C. The van der Waals surface area contributed by atoms with E-state index in [0.29, 0.717) is 17.7 Å². The van der Waals surface area contributed by atoms with E-state index in [4.69, 9.17) is 4.74 Å². The Balaban J connectivity index is 1.66. The van der Waals surface area contributed by atoms with Crippen LogP contribution in [0.25, 0.3) is 10.9 Å². The summed E-state index contributed by atoms with van der Waals surface area (Å²) in [7, 11) is 0. The molecule has 0 unspecified atom stereocenters. The van der Waals surface area contributed by atoms with Gasteiger partial charge in [-0.15, -0.1) is 0 Å². The van der Waals surface area contributed by atoms with Crippen LogP contribution in [0, 0.1) is 13.8 Å². The van der Waals surface area contributed by atoms with Gasteiger partial charge in [-0.2, -0.15) is 0 Å². The van der Waals surface area contributed by atoms with Crippen LogP contribution in [-0.4, -0.2) is 35.3 Å². The summed E-state index contributed by atoms with van der Waals surface area (Å²) in [6.07, 6.45) is 0.378. The molecular formula is C24H24N2O4. The Hall–Kier alpha value is -3.54. The monoisotopic (exact) mass is 404 g/mol. The number of nitrogens with zero attached hydrogens (tertiary/aromatic N) is 1. The fourth-order valence-electron chi connectivity index (χ4n) is 3.42. The van der Waals surface area contributed by atoms with Gasteiger partial charge in [0.2, 0.25) is 0 Å². The van der Waals surface area contributed by atoms with Gasteiger partial charge in [-0.3, -0.25) is 14.6 Å². The van der Waals surface area contributed by atoms with Gasteiger partial charge >= 0.3 is 5.97 Å². The summed E-state index contributed by atoms with van der Waals surface area (Å²) in [4.78, 5) is 41.3. The fraction of sp³-hybridized carbons (Fsp3) is 0.250. The number of fused-ring (bicyclic) bond motifs is 1. The predicted molar refractivity (Wildman–Crippen MR) is 114 cm³/mol. The summed E-state index contributed by atoms with van der Waals surface area (Å²) in [5, 5.41) is 3.51. The molecule has 1 amide bonds. The van der Waals surface area contributed by atoms with Crippen LogP contribution in [0.15, 0.2) is 54.6 Å². The molecule has 30 heavy (non-hydrogen) atoms. The lowest BCUT2D eigenvalue weighted by Gasteiger charge is -2.16. The van der Waals surface area contributed by atoms with Crippen molar-refractivity contribution in [3.8, 4) is 0 Å². The number of carbonyl (C=O) groups excluding carboxylic acids is 3. The molecule has 0 spiro atoms. The van der Waals surface area contributed by atoms with Gasteiger partial charge in [-0.25, -0.2) is 4.79 Å². The Morgan fingerprint density at radius 3 is 2.37 bits per heavy atom. The van der Waals surface area contributed by atoms with E-state index in [2.05, 4.69) is 10.3 Å². The molecule has 0 saturated carbocycles. The lowest BCUT2D eigenvalue weighted by molar-refractivity contribution is -0.128. The van der Waals surface area contributed by atoms with E-state index in [1.807, 2.05) is 61.5 Å². The van der Waals surface area contributed by atoms with Crippen molar-refractivity contribution < 1.29 is 19.1 Å². The lowest BCUT2D eigenvalue weighted by Crippen LogP contribution is -2.43. The minimum Gasteiger partial charge on any atom is -0.452 e. The van der Waals surface area contributed by atoms with E-state index in [1.54, 1.807) is 6.92 Å². The van der Waals surface area contributed by atoms with Crippen LogP contribution in [-0.2, 0) is 20.7 Å². The number of ketones is 1. The lowest BCUT2D eigenvalue weighted by atomic mass is 10.0. The molecule has 3 aromatic rings. The van der Waals surface area contributed by atoms with E-state index < -0.39 is 24.5 Å². The second-order valence-corrected chi connectivity index (χ2v) is 7.21. The standard InChI is InChI=1S/C24H24N2O4/c1-15-19-11-7-8-12-20(19)25-16(2)23(15)24(29)30-14-22(28)26-21(17(3)27)13-18-9-5-4-6-10-18/h4-12,21H,13-14H2,1-3H3,(H,26,28)/t21-/m0/s1. The van der Waals surface area contributed by atoms with Crippen LogP contribution in [0.2, 0.25) is 0 Å². The number of rotatable bonds is 7. The predicted octanol–water partition coefficient (Wildman–Crippen LogP) is 3.32. The number of benzene rings is 2. The van der Waals surface area contributed by atoms with Gasteiger partial charge in [0.15, 0.2) is 12.4 Å². The third-order valence-electron chi connectivity index (χ3n) is 4.98. The van der Waals surface area contributed by atoms with E-state index >= 15 is 0 Å². The number of aryl methyl sites for hydroxylation is 2. The van der Waals surface area contributed by atoms with Crippen LogP contribution >= 0.6 is 0 Å². The summed E-state index contributed by atoms with van der Waals surface area (Å²) in [6, 6.07) is 16.3. The Labute approximate surface area is 175 Å². The van der Waals surface area contributed by atoms with Gasteiger partial charge in [-0.05, 0) is 44.4 Å².